The van der Waals surface area contributed by atoms with Gasteiger partial charge in [0.25, 0.3) is 0 Å². The second-order valence-corrected chi connectivity index (χ2v) is 5.37. The molecule has 0 fully saturated rings. The first-order valence-electron chi connectivity index (χ1n) is 7.73. The van der Waals surface area contributed by atoms with E-state index in [2.05, 4.69) is 10.3 Å². The molecule has 2 heterocycles. The molecule has 1 N–H and O–H groups in total. The second-order valence-electron chi connectivity index (χ2n) is 5.37. The molecule has 3 aromatic rings. The zero-order valence-electron chi connectivity index (χ0n) is 13.4. The van der Waals surface area contributed by atoms with E-state index >= 15 is 0 Å². The van der Waals surface area contributed by atoms with Crippen molar-refractivity contribution in [2.75, 3.05) is 5.32 Å². The van der Waals surface area contributed by atoms with Gasteiger partial charge in [0.05, 0.1) is 17.8 Å². The van der Waals surface area contributed by atoms with Crippen LogP contribution in [-0.4, -0.2) is 9.91 Å². The van der Waals surface area contributed by atoms with E-state index in [4.69, 9.17) is 9.15 Å². The number of nitro groups is 1. The molecule has 0 aliphatic rings. The van der Waals surface area contributed by atoms with Crippen molar-refractivity contribution in [3.05, 3.63) is 88.0 Å². The van der Waals surface area contributed by atoms with Gasteiger partial charge in [-0.05, 0) is 29.3 Å². The van der Waals surface area contributed by atoms with Crippen molar-refractivity contribution in [3.8, 4) is 0 Å². The first-order chi connectivity index (χ1) is 12.2. The first kappa shape index (κ1) is 16.7. The number of pyridine rings is 1. The summed E-state index contributed by atoms with van der Waals surface area (Å²) in [6.45, 7) is 1.30. The molecule has 1 aromatic carbocycles. The molecule has 2 aromatic heterocycles. The molecule has 0 saturated heterocycles. The third-order valence-corrected chi connectivity index (χ3v) is 3.53. The van der Waals surface area contributed by atoms with Crippen LogP contribution in [0.25, 0.3) is 0 Å². The maximum absolute atomic E-state index is 11.0. The number of ether oxygens (including phenoxy) is 1. The van der Waals surface area contributed by atoms with Crippen LogP contribution in [-0.2, 0) is 24.5 Å². The summed E-state index contributed by atoms with van der Waals surface area (Å²) in [5.74, 6) is 1.03. The Hall–Kier alpha value is -3.19. The van der Waals surface area contributed by atoms with Crippen LogP contribution in [0.2, 0.25) is 0 Å². The molecule has 0 bridgehead atoms. The predicted molar refractivity (Wildman–Crippen MR) is 91.9 cm³/mol. The Morgan fingerprint density at radius 2 is 2.00 bits per heavy atom. The largest absolute Gasteiger partial charge is 0.467 e. The smallest absolute Gasteiger partial charge is 0.311 e. The topological polar surface area (TPSA) is 90.4 Å². The highest BCUT2D eigenvalue weighted by atomic mass is 16.6. The third-order valence-electron chi connectivity index (χ3n) is 3.53. The molecular weight excluding hydrogens is 322 g/mol. The van der Waals surface area contributed by atoms with Gasteiger partial charge in [0.1, 0.15) is 12.4 Å². The summed E-state index contributed by atoms with van der Waals surface area (Å²) in [5, 5.41) is 14.0. The van der Waals surface area contributed by atoms with Crippen LogP contribution in [0, 0.1) is 10.1 Å². The van der Waals surface area contributed by atoms with E-state index in [-0.39, 0.29) is 11.5 Å². The molecule has 0 spiro atoms. The van der Waals surface area contributed by atoms with Crippen LogP contribution < -0.4 is 5.32 Å². The summed E-state index contributed by atoms with van der Waals surface area (Å²) in [4.78, 5) is 14.6. The van der Waals surface area contributed by atoms with E-state index in [0.717, 1.165) is 16.9 Å². The number of benzene rings is 1. The summed E-state index contributed by atoms with van der Waals surface area (Å²) in [6, 6.07) is 14.5. The number of hydrogen-bond donors (Lipinski definition) is 1. The second kappa shape index (κ2) is 8.07. The van der Waals surface area contributed by atoms with Gasteiger partial charge in [-0.15, -0.1) is 0 Å². The Morgan fingerprint density at radius 1 is 1.12 bits per heavy atom. The maximum atomic E-state index is 11.0. The van der Waals surface area contributed by atoms with Gasteiger partial charge in [-0.1, -0.05) is 24.3 Å². The molecule has 0 saturated carbocycles. The Morgan fingerprint density at radius 3 is 2.80 bits per heavy atom. The number of aromatic nitrogens is 1. The van der Waals surface area contributed by atoms with Crippen molar-refractivity contribution in [1.82, 2.24) is 4.98 Å². The van der Waals surface area contributed by atoms with Crippen molar-refractivity contribution in [3.63, 3.8) is 0 Å². The average molecular weight is 339 g/mol. The van der Waals surface area contributed by atoms with E-state index in [0.29, 0.717) is 19.8 Å². The Balaban J connectivity index is 1.57. The normalized spacial score (nSPS) is 10.6. The highest BCUT2D eigenvalue weighted by molar-refractivity contribution is 5.55. The molecule has 0 atom stereocenters. The van der Waals surface area contributed by atoms with Crippen LogP contribution in [0.3, 0.4) is 0 Å². The minimum atomic E-state index is -0.450. The van der Waals surface area contributed by atoms with Crippen LogP contribution in [0.1, 0.15) is 16.9 Å². The summed E-state index contributed by atoms with van der Waals surface area (Å²) < 4.78 is 10.8. The molecule has 0 aliphatic carbocycles. The van der Waals surface area contributed by atoms with Crippen molar-refractivity contribution in [2.24, 2.45) is 0 Å². The number of anilines is 1. The maximum Gasteiger partial charge on any atom is 0.311 e. The zero-order valence-corrected chi connectivity index (χ0v) is 13.4. The summed E-state index contributed by atoms with van der Waals surface area (Å²) in [6.07, 6.45) is 3.13. The fourth-order valence-corrected chi connectivity index (χ4v) is 2.36. The highest BCUT2D eigenvalue weighted by Gasteiger charge is 2.13. The molecule has 25 heavy (non-hydrogen) atoms. The van der Waals surface area contributed by atoms with Gasteiger partial charge in [-0.3, -0.25) is 10.1 Å². The van der Waals surface area contributed by atoms with Crippen LogP contribution in [0.15, 0.2) is 65.4 Å². The molecule has 0 radical (unpaired) electrons. The van der Waals surface area contributed by atoms with Crippen molar-refractivity contribution in [1.29, 1.82) is 0 Å². The molecule has 3 rings (SSSR count). The van der Waals surface area contributed by atoms with Crippen LogP contribution in [0.5, 0.6) is 0 Å². The van der Waals surface area contributed by atoms with Gasteiger partial charge in [0.15, 0.2) is 0 Å². The van der Waals surface area contributed by atoms with E-state index < -0.39 is 4.92 Å². The van der Waals surface area contributed by atoms with E-state index in [1.165, 1.54) is 12.3 Å². The van der Waals surface area contributed by atoms with Gasteiger partial charge < -0.3 is 14.5 Å². The lowest BCUT2D eigenvalue weighted by Gasteiger charge is -2.08. The highest BCUT2D eigenvalue weighted by Crippen LogP contribution is 2.21. The molecule has 0 unspecified atom stereocenters. The summed E-state index contributed by atoms with van der Waals surface area (Å²) in [5.41, 5.74) is 1.96. The van der Waals surface area contributed by atoms with E-state index in [9.17, 15) is 10.1 Å². The molecule has 128 valence electrons. The van der Waals surface area contributed by atoms with Gasteiger partial charge in [-0.2, -0.15) is 0 Å². The fourth-order valence-electron chi connectivity index (χ4n) is 2.36. The van der Waals surface area contributed by atoms with Gasteiger partial charge >= 0.3 is 5.69 Å². The predicted octanol–water partition coefficient (Wildman–Crippen LogP) is 3.91. The minimum absolute atomic E-state index is 0.0413. The quantitative estimate of drug-likeness (QED) is 0.494. The number of nitrogens with zero attached hydrogens (tertiary/aromatic N) is 2. The van der Waals surface area contributed by atoms with Gasteiger partial charge in [0, 0.05) is 18.8 Å². The fraction of sp³-hybridized carbons (Fsp3) is 0.167. The summed E-state index contributed by atoms with van der Waals surface area (Å²) in [7, 11) is 0. The Labute approximate surface area is 144 Å². The molecule has 0 aliphatic heterocycles. The monoisotopic (exact) mass is 339 g/mol. The van der Waals surface area contributed by atoms with E-state index in [1.54, 1.807) is 12.3 Å². The van der Waals surface area contributed by atoms with E-state index in [1.807, 2.05) is 36.4 Å². The molecule has 7 nitrogen and oxygen atoms in total. The number of furan rings is 1. The molecular formula is C18H17N3O4. The lowest BCUT2D eigenvalue weighted by molar-refractivity contribution is -0.384. The van der Waals surface area contributed by atoms with Crippen LogP contribution in [0.4, 0.5) is 11.5 Å². The lowest BCUT2D eigenvalue weighted by Crippen LogP contribution is -2.05. The van der Waals surface area contributed by atoms with Crippen molar-refractivity contribution in [2.45, 2.75) is 19.8 Å². The molecule has 0 amide bonds. The zero-order chi connectivity index (χ0) is 17.5. The van der Waals surface area contributed by atoms with Gasteiger partial charge in [0.2, 0.25) is 5.82 Å². The number of nitrogens with one attached hydrogen (secondary N) is 1. The number of rotatable bonds is 8. The lowest BCUT2D eigenvalue weighted by atomic mass is 10.1. The minimum Gasteiger partial charge on any atom is -0.467 e. The third kappa shape index (κ3) is 4.65. The van der Waals surface area contributed by atoms with Gasteiger partial charge in [-0.25, -0.2) is 4.98 Å². The summed E-state index contributed by atoms with van der Waals surface area (Å²) >= 11 is 0. The van der Waals surface area contributed by atoms with Crippen molar-refractivity contribution < 1.29 is 14.1 Å². The standard InChI is InChI=1S/C18H17N3O4/c22-21(23)17-7-2-8-19-18(17)20-11-14-4-1-5-15(10-14)12-24-13-16-6-3-9-25-16/h1-10H,11-13H2,(H,19,20). The molecule has 7 heteroatoms. The Bertz CT molecular complexity index is 834. The Kier molecular flexibility index (Phi) is 5.38. The SMILES string of the molecule is O=[N+]([O-])c1cccnc1NCc1cccc(COCc2ccco2)c1. The first-order valence-corrected chi connectivity index (χ1v) is 7.73. The van der Waals surface area contributed by atoms with Crippen molar-refractivity contribution >= 4 is 11.5 Å². The van der Waals surface area contributed by atoms with Crippen LogP contribution >= 0.6 is 0 Å². The number of hydrogen-bond acceptors (Lipinski definition) is 6. The average Bonchev–Trinajstić information content (AvgIpc) is 3.14.